The van der Waals surface area contributed by atoms with Gasteiger partial charge in [0.05, 0.1) is 6.04 Å². The van der Waals surface area contributed by atoms with E-state index < -0.39 is 52.7 Å². The Balaban J connectivity index is 1.61. The summed E-state index contributed by atoms with van der Waals surface area (Å²) in [5.41, 5.74) is -0.506. The number of amides is 8. The summed E-state index contributed by atoms with van der Waals surface area (Å²) in [6, 6.07) is 3.46. The SMILES string of the molecule is CN1CCN2c3ccc(/C=C4\C(=O)NC(=O)N(C(C)(C)C)C4=O)cc3CC3(C(=O)N(C)C(=O)N(C)C3=O)[C@@H]2C1. The number of anilines is 1. The minimum atomic E-state index is -1.52. The van der Waals surface area contributed by atoms with E-state index in [1.807, 2.05) is 13.1 Å². The largest absolute Gasteiger partial charge is 0.364 e. The molecule has 8 amide bonds. The number of piperazine rings is 1. The normalized spacial score (nSPS) is 25.0. The Morgan fingerprint density at radius 3 is 2.21 bits per heavy atom. The quantitative estimate of drug-likeness (QED) is 0.315. The average Bonchev–Trinajstić information content (AvgIpc) is 2.86. The van der Waals surface area contributed by atoms with Crippen molar-refractivity contribution in [2.45, 2.75) is 38.8 Å². The number of barbiturate groups is 2. The Labute approximate surface area is 226 Å². The van der Waals surface area contributed by atoms with Gasteiger partial charge in [-0.3, -0.25) is 39.2 Å². The standard InChI is InChI=1S/C27H32N6O6/c1-26(2,3)33-21(35)17(20(34)28-24(33)38)12-15-7-8-18-16(11-15)13-27(19-14-29(4)9-10-32(18)19)22(36)30(5)25(39)31(6)23(27)37/h7-8,11-12,19H,9-10,13-14H2,1-6H3,(H,28,34,38)/b17-12+/t19-/m0/s1. The highest BCUT2D eigenvalue weighted by atomic mass is 16.2. The molecule has 0 aromatic heterocycles. The van der Waals surface area contributed by atoms with E-state index in [9.17, 15) is 28.8 Å². The third kappa shape index (κ3) is 3.84. The molecule has 4 aliphatic rings. The van der Waals surface area contributed by atoms with Crippen LogP contribution in [0.5, 0.6) is 0 Å². The molecule has 5 rings (SSSR count). The van der Waals surface area contributed by atoms with Gasteiger partial charge in [0.2, 0.25) is 11.8 Å². The van der Waals surface area contributed by atoms with Crippen LogP contribution in [0.4, 0.5) is 15.3 Å². The highest BCUT2D eigenvalue weighted by Gasteiger charge is 2.63. The summed E-state index contributed by atoms with van der Waals surface area (Å²) in [4.78, 5) is 85.4. The lowest BCUT2D eigenvalue weighted by atomic mass is 9.67. The van der Waals surface area contributed by atoms with Crippen molar-refractivity contribution in [3.63, 3.8) is 0 Å². The molecule has 0 unspecified atom stereocenters. The van der Waals surface area contributed by atoms with Gasteiger partial charge in [-0.1, -0.05) is 6.07 Å². The first-order valence-corrected chi connectivity index (χ1v) is 12.8. The van der Waals surface area contributed by atoms with Crippen molar-refractivity contribution in [3.05, 3.63) is 34.9 Å². The third-order valence-electron chi connectivity index (χ3n) is 8.06. The highest BCUT2D eigenvalue weighted by Crippen LogP contribution is 2.47. The lowest BCUT2D eigenvalue weighted by Crippen LogP contribution is -2.74. The molecular weight excluding hydrogens is 504 g/mol. The minimum Gasteiger partial charge on any atom is -0.364 e. The molecule has 3 saturated heterocycles. The number of hydrogen-bond donors (Lipinski definition) is 1. The predicted octanol–water partition coefficient (Wildman–Crippen LogP) is 0.660. The number of carbonyl (C=O) groups excluding carboxylic acids is 6. The maximum absolute atomic E-state index is 13.8. The molecule has 12 nitrogen and oxygen atoms in total. The van der Waals surface area contributed by atoms with Gasteiger partial charge in [0.25, 0.3) is 11.8 Å². The van der Waals surface area contributed by atoms with E-state index in [-0.39, 0.29) is 12.0 Å². The van der Waals surface area contributed by atoms with Crippen LogP contribution in [0.15, 0.2) is 23.8 Å². The fourth-order valence-corrected chi connectivity index (χ4v) is 6.12. The van der Waals surface area contributed by atoms with Gasteiger partial charge in [-0.05, 0) is 63.6 Å². The molecule has 0 bridgehead atoms. The van der Waals surface area contributed by atoms with Crippen LogP contribution < -0.4 is 10.2 Å². The van der Waals surface area contributed by atoms with E-state index in [4.69, 9.17) is 0 Å². The second-order valence-electron chi connectivity index (χ2n) is 11.6. The highest BCUT2D eigenvalue weighted by molar-refractivity contribution is 6.31. The van der Waals surface area contributed by atoms with Crippen LogP contribution in [0.25, 0.3) is 6.08 Å². The first-order valence-electron chi connectivity index (χ1n) is 12.8. The van der Waals surface area contributed by atoms with Gasteiger partial charge in [-0.2, -0.15) is 0 Å². The van der Waals surface area contributed by atoms with Crippen molar-refractivity contribution < 1.29 is 28.8 Å². The van der Waals surface area contributed by atoms with Crippen LogP contribution in [0, 0.1) is 5.41 Å². The average molecular weight is 537 g/mol. The van der Waals surface area contributed by atoms with E-state index in [0.717, 1.165) is 26.9 Å². The van der Waals surface area contributed by atoms with Gasteiger partial charge < -0.3 is 9.80 Å². The zero-order valence-corrected chi connectivity index (χ0v) is 22.9. The Hall–Kier alpha value is -4.06. The molecule has 1 atom stereocenters. The maximum Gasteiger partial charge on any atom is 0.332 e. The molecule has 206 valence electrons. The number of hydrogen-bond acceptors (Lipinski definition) is 8. The lowest BCUT2D eigenvalue weighted by Gasteiger charge is -2.55. The molecule has 4 heterocycles. The fourth-order valence-electron chi connectivity index (χ4n) is 6.12. The molecule has 4 aliphatic heterocycles. The van der Waals surface area contributed by atoms with Crippen LogP contribution >= 0.6 is 0 Å². The van der Waals surface area contributed by atoms with Gasteiger partial charge >= 0.3 is 12.1 Å². The lowest BCUT2D eigenvalue weighted by molar-refractivity contribution is -0.160. The molecule has 1 aromatic carbocycles. The van der Waals surface area contributed by atoms with Gasteiger partial charge in [0.1, 0.15) is 5.57 Å². The topological polar surface area (TPSA) is 131 Å². The number of likely N-dealkylation sites (N-methyl/N-ethyl adjacent to an activating group) is 1. The second-order valence-corrected chi connectivity index (χ2v) is 11.6. The minimum absolute atomic E-state index is 0.0563. The number of nitrogens with one attached hydrogen (secondary N) is 1. The predicted molar refractivity (Wildman–Crippen MR) is 140 cm³/mol. The number of carbonyl (C=O) groups is 6. The zero-order chi connectivity index (χ0) is 28.6. The molecule has 3 fully saturated rings. The number of rotatable bonds is 1. The number of nitrogens with zero attached hydrogens (tertiary/aromatic N) is 5. The van der Waals surface area contributed by atoms with Crippen molar-refractivity contribution in [1.29, 1.82) is 0 Å². The molecule has 1 N–H and O–H groups in total. The van der Waals surface area contributed by atoms with Crippen LogP contribution in [0.1, 0.15) is 31.9 Å². The molecule has 12 heteroatoms. The smallest absolute Gasteiger partial charge is 0.332 e. The Morgan fingerprint density at radius 2 is 1.59 bits per heavy atom. The first-order chi connectivity index (χ1) is 18.2. The Morgan fingerprint density at radius 1 is 0.949 bits per heavy atom. The Kier molecular flexibility index (Phi) is 5.94. The molecule has 1 spiro atoms. The van der Waals surface area contributed by atoms with Crippen LogP contribution in [-0.2, 0) is 25.6 Å². The number of urea groups is 2. The van der Waals surface area contributed by atoms with Crippen molar-refractivity contribution >= 4 is 47.5 Å². The first kappa shape index (κ1) is 26.5. The van der Waals surface area contributed by atoms with Gasteiger partial charge in [0.15, 0.2) is 5.41 Å². The molecular formula is C27H32N6O6. The van der Waals surface area contributed by atoms with E-state index in [1.54, 1.807) is 32.9 Å². The maximum atomic E-state index is 13.8. The zero-order valence-electron chi connectivity index (χ0n) is 22.9. The van der Waals surface area contributed by atoms with E-state index >= 15 is 0 Å². The van der Waals surface area contributed by atoms with E-state index in [2.05, 4.69) is 15.1 Å². The van der Waals surface area contributed by atoms with E-state index in [1.165, 1.54) is 20.2 Å². The summed E-state index contributed by atoms with van der Waals surface area (Å²) in [6.45, 7) is 6.83. The summed E-state index contributed by atoms with van der Waals surface area (Å²) in [6.07, 6.45) is 1.47. The molecule has 1 aromatic rings. The number of benzene rings is 1. The monoisotopic (exact) mass is 536 g/mol. The van der Waals surface area contributed by atoms with Gasteiger partial charge in [0, 0.05) is 45.0 Å². The summed E-state index contributed by atoms with van der Waals surface area (Å²) in [7, 11) is 4.71. The molecule has 0 saturated carbocycles. The van der Waals surface area contributed by atoms with Crippen LogP contribution in [-0.4, -0.2) is 108 Å². The summed E-state index contributed by atoms with van der Waals surface area (Å²) < 4.78 is 0. The van der Waals surface area contributed by atoms with Crippen molar-refractivity contribution in [3.8, 4) is 0 Å². The second kappa shape index (κ2) is 8.73. The van der Waals surface area contributed by atoms with Crippen molar-refractivity contribution in [1.82, 2.24) is 24.9 Å². The third-order valence-corrected chi connectivity index (χ3v) is 8.06. The van der Waals surface area contributed by atoms with Gasteiger partial charge in [-0.25, -0.2) is 9.59 Å². The number of imide groups is 4. The summed E-state index contributed by atoms with van der Waals surface area (Å²) in [5.74, 6) is -2.59. The van der Waals surface area contributed by atoms with Crippen molar-refractivity contribution in [2.75, 3.05) is 45.7 Å². The van der Waals surface area contributed by atoms with Crippen LogP contribution in [0.2, 0.25) is 0 Å². The van der Waals surface area contributed by atoms with Crippen LogP contribution in [0.3, 0.4) is 0 Å². The molecule has 0 radical (unpaired) electrons. The number of fused-ring (bicyclic) bond motifs is 4. The molecule has 39 heavy (non-hydrogen) atoms. The summed E-state index contributed by atoms with van der Waals surface area (Å²) >= 11 is 0. The summed E-state index contributed by atoms with van der Waals surface area (Å²) in [5, 5.41) is 2.23. The van der Waals surface area contributed by atoms with Gasteiger partial charge in [-0.15, -0.1) is 0 Å². The Bertz CT molecular complexity index is 1350. The molecule has 0 aliphatic carbocycles. The fraction of sp³-hybridized carbons (Fsp3) is 0.481. The van der Waals surface area contributed by atoms with E-state index in [0.29, 0.717) is 24.2 Å². The van der Waals surface area contributed by atoms with Crippen molar-refractivity contribution in [2.24, 2.45) is 5.41 Å².